The Balaban J connectivity index is 2.02. The maximum absolute atomic E-state index is 6.24. The van der Waals surface area contributed by atoms with Gasteiger partial charge in [0.1, 0.15) is 0 Å². The maximum atomic E-state index is 6.24. The molecule has 0 aromatic carbocycles. The summed E-state index contributed by atoms with van der Waals surface area (Å²) in [7, 11) is 0. The van der Waals surface area contributed by atoms with Crippen molar-refractivity contribution in [1.29, 1.82) is 0 Å². The summed E-state index contributed by atoms with van der Waals surface area (Å²) in [5, 5.41) is 0. The van der Waals surface area contributed by atoms with Crippen LogP contribution in [0.3, 0.4) is 0 Å². The highest BCUT2D eigenvalue weighted by Gasteiger charge is 2.40. The average molecular weight is 267 g/mol. The molecule has 2 saturated heterocycles. The highest BCUT2D eigenvalue weighted by atomic mass is 15.2. The van der Waals surface area contributed by atoms with E-state index in [1.54, 1.807) is 0 Å². The largest absolute Gasteiger partial charge is 0.329 e. The molecule has 3 heteroatoms. The van der Waals surface area contributed by atoms with Crippen LogP contribution in [0.15, 0.2) is 0 Å². The molecule has 0 aromatic rings. The van der Waals surface area contributed by atoms with Gasteiger partial charge in [-0.2, -0.15) is 0 Å². The third-order valence-corrected chi connectivity index (χ3v) is 5.68. The minimum absolute atomic E-state index is 0.299. The van der Waals surface area contributed by atoms with Crippen LogP contribution in [0.25, 0.3) is 0 Å². The van der Waals surface area contributed by atoms with Crippen LogP contribution < -0.4 is 5.73 Å². The van der Waals surface area contributed by atoms with Crippen LogP contribution in [0.1, 0.15) is 46.5 Å². The molecule has 2 atom stereocenters. The molecule has 2 heterocycles. The van der Waals surface area contributed by atoms with Crippen LogP contribution in [0, 0.1) is 11.8 Å². The minimum atomic E-state index is 0.299. The summed E-state index contributed by atoms with van der Waals surface area (Å²) in [6.45, 7) is 14.1. The zero-order valence-electron chi connectivity index (χ0n) is 13.2. The van der Waals surface area contributed by atoms with Crippen molar-refractivity contribution in [3.8, 4) is 0 Å². The van der Waals surface area contributed by atoms with Gasteiger partial charge < -0.3 is 10.6 Å². The van der Waals surface area contributed by atoms with Crippen molar-refractivity contribution in [2.24, 2.45) is 17.6 Å². The predicted octanol–water partition coefficient (Wildman–Crippen LogP) is 2.17. The normalized spacial score (nSPS) is 34.9. The molecule has 0 aromatic heterocycles. The van der Waals surface area contributed by atoms with E-state index in [1.165, 1.54) is 58.4 Å². The minimum Gasteiger partial charge on any atom is -0.329 e. The topological polar surface area (TPSA) is 32.5 Å². The summed E-state index contributed by atoms with van der Waals surface area (Å²) in [5.41, 5.74) is 6.53. The lowest BCUT2D eigenvalue weighted by atomic mass is 9.88. The van der Waals surface area contributed by atoms with Crippen LogP contribution in [0.4, 0.5) is 0 Å². The summed E-state index contributed by atoms with van der Waals surface area (Å²) in [4.78, 5) is 5.34. The van der Waals surface area contributed by atoms with Crippen molar-refractivity contribution in [3.63, 3.8) is 0 Å². The zero-order chi connectivity index (χ0) is 13.9. The Kier molecular flexibility index (Phi) is 5.27. The van der Waals surface area contributed by atoms with E-state index in [-0.39, 0.29) is 0 Å². The van der Waals surface area contributed by atoms with Gasteiger partial charge >= 0.3 is 0 Å². The Hall–Kier alpha value is -0.120. The fraction of sp³-hybridized carbons (Fsp3) is 1.00. The molecule has 2 N–H and O–H groups in total. The van der Waals surface area contributed by atoms with Crippen molar-refractivity contribution in [2.45, 2.75) is 52.0 Å². The van der Waals surface area contributed by atoms with Crippen molar-refractivity contribution >= 4 is 0 Å². The van der Waals surface area contributed by atoms with Gasteiger partial charge in [-0.05, 0) is 63.7 Å². The Labute approximate surface area is 119 Å². The number of likely N-dealkylation sites (tertiary alicyclic amines) is 2. The molecule has 112 valence electrons. The molecule has 0 radical (unpaired) electrons. The van der Waals surface area contributed by atoms with Crippen LogP contribution in [-0.4, -0.2) is 54.6 Å². The van der Waals surface area contributed by atoms with Gasteiger partial charge in [-0.1, -0.05) is 20.8 Å². The molecule has 2 fully saturated rings. The first-order valence-corrected chi connectivity index (χ1v) is 8.29. The number of nitrogens with two attached hydrogens (primary N) is 1. The van der Waals surface area contributed by atoms with E-state index >= 15 is 0 Å². The summed E-state index contributed by atoms with van der Waals surface area (Å²) >= 11 is 0. The first-order chi connectivity index (χ1) is 9.11. The summed E-state index contributed by atoms with van der Waals surface area (Å²) in [5.74, 6) is 1.70. The molecule has 0 saturated carbocycles. The van der Waals surface area contributed by atoms with Gasteiger partial charge in [0.2, 0.25) is 0 Å². The Bertz CT molecular complexity index is 279. The molecule has 0 aliphatic carbocycles. The molecular weight excluding hydrogens is 234 g/mol. The Morgan fingerprint density at radius 3 is 2.58 bits per heavy atom. The first-order valence-electron chi connectivity index (χ1n) is 8.29. The van der Waals surface area contributed by atoms with E-state index in [9.17, 15) is 0 Å². The zero-order valence-corrected chi connectivity index (χ0v) is 13.2. The van der Waals surface area contributed by atoms with Crippen molar-refractivity contribution in [1.82, 2.24) is 9.80 Å². The van der Waals surface area contributed by atoms with Crippen molar-refractivity contribution < 1.29 is 0 Å². The van der Waals surface area contributed by atoms with E-state index < -0.39 is 0 Å². The van der Waals surface area contributed by atoms with E-state index in [1.807, 2.05) is 0 Å². The van der Waals surface area contributed by atoms with Crippen molar-refractivity contribution in [3.05, 3.63) is 0 Å². The average Bonchev–Trinajstić information content (AvgIpc) is 2.81. The van der Waals surface area contributed by atoms with Crippen LogP contribution in [0.5, 0.6) is 0 Å². The Morgan fingerprint density at radius 2 is 2.00 bits per heavy atom. The number of hydrogen-bond acceptors (Lipinski definition) is 3. The first kappa shape index (κ1) is 15.3. The van der Waals surface area contributed by atoms with E-state index in [4.69, 9.17) is 5.73 Å². The summed E-state index contributed by atoms with van der Waals surface area (Å²) in [6, 6.07) is 0. The lowest BCUT2D eigenvalue weighted by Gasteiger charge is -2.41. The van der Waals surface area contributed by atoms with Gasteiger partial charge in [0, 0.05) is 18.6 Å². The second-order valence-corrected chi connectivity index (χ2v) is 6.96. The monoisotopic (exact) mass is 267 g/mol. The molecule has 2 rings (SSSR count). The second kappa shape index (κ2) is 6.55. The third-order valence-electron chi connectivity index (χ3n) is 5.68. The quantitative estimate of drug-likeness (QED) is 0.847. The van der Waals surface area contributed by atoms with Crippen LogP contribution in [-0.2, 0) is 0 Å². The number of nitrogens with zero attached hydrogens (tertiary/aromatic N) is 2. The Morgan fingerprint density at radius 1 is 1.21 bits per heavy atom. The van der Waals surface area contributed by atoms with Gasteiger partial charge in [-0.3, -0.25) is 4.90 Å². The van der Waals surface area contributed by atoms with E-state index in [2.05, 4.69) is 30.6 Å². The highest BCUT2D eigenvalue weighted by Crippen LogP contribution is 2.35. The summed E-state index contributed by atoms with van der Waals surface area (Å²) < 4.78 is 0. The molecule has 0 spiro atoms. The number of hydrogen-bond donors (Lipinski definition) is 1. The smallest absolute Gasteiger partial charge is 0.0344 e. The van der Waals surface area contributed by atoms with Gasteiger partial charge in [-0.25, -0.2) is 0 Å². The molecule has 0 amide bonds. The number of rotatable bonds is 4. The molecule has 0 bridgehead atoms. The molecule has 2 aliphatic rings. The van der Waals surface area contributed by atoms with Crippen molar-refractivity contribution in [2.75, 3.05) is 39.3 Å². The third kappa shape index (κ3) is 3.32. The van der Waals surface area contributed by atoms with Gasteiger partial charge in [-0.15, -0.1) is 0 Å². The fourth-order valence-electron chi connectivity index (χ4n) is 3.96. The lowest BCUT2D eigenvalue weighted by molar-refractivity contribution is 0.0978. The maximum Gasteiger partial charge on any atom is 0.0344 e. The van der Waals surface area contributed by atoms with Crippen LogP contribution in [0.2, 0.25) is 0 Å². The van der Waals surface area contributed by atoms with Crippen LogP contribution >= 0.6 is 0 Å². The van der Waals surface area contributed by atoms with Gasteiger partial charge in [0.15, 0.2) is 0 Å². The second-order valence-electron chi connectivity index (χ2n) is 6.96. The molecule has 19 heavy (non-hydrogen) atoms. The lowest BCUT2D eigenvalue weighted by Crippen LogP contribution is -2.53. The molecule has 3 nitrogen and oxygen atoms in total. The standard InChI is InChI=1S/C16H33N3/c1-4-18-9-5-7-16(13-17,8-11-18)19-10-6-15(12-19)14(2)3/h14-15H,4-13,17H2,1-3H3. The predicted molar refractivity (Wildman–Crippen MR) is 82.3 cm³/mol. The van der Waals surface area contributed by atoms with E-state index in [0.29, 0.717) is 5.54 Å². The van der Waals surface area contributed by atoms with Gasteiger partial charge in [0.25, 0.3) is 0 Å². The summed E-state index contributed by atoms with van der Waals surface area (Å²) in [6.07, 6.45) is 5.25. The molecule has 2 unspecified atom stereocenters. The highest BCUT2D eigenvalue weighted by molar-refractivity contribution is 4.97. The van der Waals surface area contributed by atoms with E-state index in [0.717, 1.165) is 18.4 Å². The molecule has 2 aliphatic heterocycles. The molecular formula is C16H33N3. The SMILES string of the molecule is CCN1CCCC(CN)(N2CCC(C(C)C)C2)CC1. The fourth-order valence-corrected chi connectivity index (χ4v) is 3.96. The van der Waals surface area contributed by atoms with Gasteiger partial charge in [0.05, 0.1) is 0 Å².